The molecule has 2 aromatic carbocycles. The minimum absolute atomic E-state index is 0.0985. The Balaban J connectivity index is 1.91. The van der Waals surface area contributed by atoms with Crippen LogP contribution in [0.4, 0.5) is 10.1 Å². The lowest BCUT2D eigenvalue weighted by Gasteiger charge is -2.16. The zero-order valence-corrected chi connectivity index (χ0v) is 13.5. The Kier molecular flexibility index (Phi) is 4.36. The van der Waals surface area contributed by atoms with Gasteiger partial charge in [-0.1, -0.05) is 29.8 Å². The number of hydrogen-bond acceptors (Lipinski definition) is 2. The van der Waals surface area contributed by atoms with Gasteiger partial charge in [-0.25, -0.2) is 4.39 Å². The van der Waals surface area contributed by atoms with Crippen molar-refractivity contribution < 1.29 is 9.18 Å². The number of aromatic nitrogens is 1. The third kappa shape index (κ3) is 3.03. The molecule has 0 bridgehead atoms. The van der Waals surface area contributed by atoms with Crippen LogP contribution in [0.3, 0.4) is 0 Å². The van der Waals surface area contributed by atoms with Gasteiger partial charge in [-0.3, -0.25) is 9.59 Å². The first-order valence-electron chi connectivity index (χ1n) is 7.33. The standard InChI is InChI=1S/C18H14ClFN2O2/c1-11(17(23)21-16-7-6-13(20)10-15(16)19)22-9-8-12-4-2-3-5-14(12)18(22)24/h2-11H,1H3,(H,21,23)/t11-/m1/s1. The fraction of sp³-hybridized carbons (Fsp3) is 0.111. The van der Waals surface area contributed by atoms with E-state index in [9.17, 15) is 14.0 Å². The molecular weight excluding hydrogens is 331 g/mol. The number of amides is 1. The van der Waals surface area contributed by atoms with Crippen LogP contribution >= 0.6 is 11.6 Å². The number of carbonyl (C=O) groups is 1. The Morgan fingerprint density at radius 1 is 1.21 bits per heavy atom. The maximum Gasteiger partial charge on any atom is 0.259 e. The molecule has 1 atom stereocenters. The third-order valence-corrected chi connectivity index (χ3v) is 4.14. The second kappa shape index (κ2) is 6.45. The summed E-state index contributed by atoms with van der Waals surface area (Å²) >= 11 is 5.91. The molecule has 0 aliphatic rings. The van der Waals surface area contributed by atoms with Gasteiger partial charge in [-0.05, 0) is 42.6 Å². The summed E-state index contributed by atoms with van der Waals surface area (Å²) in [4.78, 5) is 25.0. The zero-order valence-electron chi connectivity index (χ0n) is 12.8. The smallest absolute Gasteiger partial charge is 0.259 e. The predicted octanol–water partition coefficient (Wildman–Crippen LogP) is 3.99. The quantitative estimate of drug-likeness (QED) is 0.781. The molecule has 1 amide bonds. The number of halogens is 2. The molecule has 0 fully saturated rings. The fourth-order valence-electron chi connectivity index (χ4n) is 2.46. The summed E-state index contributed by atoms with van der Waals surface area (Å²) in [6.45, 7) is 1.61. The first-order chi connectivity index (χ1) is 11.5. The van der Waals surface area contributed by atoms with Gasteiger partial charge < -0.3 is 9.88 Å². The van der Waals surface area contributed by atoms with E-state index in [-0.39, 0.29) is 10.6 Å². The Labute approximate surface area is 142 Å². The van der Waals surface area contributed by atoms with Gasteiger partial charge in [-0.2, -0.15) is 0 Å². The van der Waals surface area contributed by atoms with E-state index in [1.807, 2.05) is 12.1 Å². The molecule has 1 N–H and O–H groups in total. The monoisotopic (exact) mass is 344 g/mol. The molecule has 4 nitrogen and oxygen atoms in total. The highest BCUT2D eigenvalue weighted by atomic mass is 35.5. The number of anilines is 1. The zero-order chi connectivity index (χ0) is 17.3. The van der Waals surface area contributed by atoms with Crippen LogP contribution < -0.4 is 10.9 Å². The van der Waals surface area contributed by atoms with Crippen LogP contribution in [-0.2, 0) is 4.79 Å². The molecule has 0 aliphatic carbocycles. The van der Waals surface area contributed by atoms with E-state index < -0.39 is 17.8 Å². The van der Waals surface area contributed by atoms with Crippen LogP contribution in [0.15, 0.2) is 59.5 Å². The summed E-state index contributed by atoms with van der Waals surface area (Å²) in [5.74, 6) is -0.905. The Morgan fingerprint density at radius 2 is 1.96 bits per heavy atom. The number of rotatable bonds is 3. The number of hydrogen-bond donors (Lipinski definition) is 1. The predicted molar refractivity (Wildman–Crippen MR) is 93.0 cm³/mol. The molecule has 3 aromatic rings. The van der Waals surface area contributed by atoms with Gasteiger partial charge in [0.2, 0.25) is 5.91 Å². The van der Waals surface area contributed by atoms with Crippen LogP contribution in [0.1, 0.15) is 13.0 Å². The molecule has 0 aliphatic heterocycles. The van der Waals surface area contributed by atoms with Gasteiger partial charge in [-0.15, -0.1) is 0 Å². The summed E-state index contributed by atoms with van der Waals surface area (Å²) in [5.41, 5.74) is 0.0460. The van der Waals surface area contributed by atoms with E-state index >= 15 is 0 Å². The summed E-state index contributed by atoms with van der Waals surface area (Å²) in [6.07, 6.45) is 1.58. The van der Waals surface area contributed by atoms with Gasteiger partial charge >= 0.3 is 0 Å². The van der Waals surface area contributed by atoms with Crippen LogP contribution in [0.25, 0.3) is 10.8 Å². The molecule has 6 heteroatoms. The van der Waals surface area contributed by atoms with Gasteiger partial charge in [0.15, 0.2) is 0 Å². The van der Waals surface area contributed by atoms with Gasteiger partial charge in [0.05, 0.1) is 10.7 Å². The van der Waals surface area contributed by atoms with Crippen molar-refractivity contribution in [2.75, 3.05) is 5.32 Å². The molecule has 1 aromatic heterocycles. The minimum atomic E-state index is -0.747. The van der Waals surface area contributed by atoms with Crippen molar-refractivity contribution in [2.24, 2.45) is 0 Å². The topological polar surface area (TPSA) is 51.1 Å². The number of nitrogens with one attached hydrogen (secondary N) is 1. The molecule has 0 saturated carbocycles. The summed E-state index contributed by atoms with van der Waals surface area (Å²) in [6, 6.07) is 11.9. The fourth-order valence-corrected chi connectivity index (χ4v) is 2.68. The Morgan fingerprint density at radius 3 is 2.71 bits per heavy atom. The van der Waals surface area contributed by atoms with Crippen molar-refractivity contribution in [1.82, 2.24) is 4.57 Å². The van der Waals surface area contributed by atoms with Crippen molar-refractivity contribution in [2.45, 2.75) is 13.0 Å². The molecule has 0 spiro atoms. The summed E-state index contributed by atoms with van der Waals surface area (Å²) < 4.78 is 14.4. The SMILES string of the molecule is C[C@H](C(=O)Nc1ccc(F)cc1Cl)n1ccc2ccccc2c1=O. The number of carbonyl (C=O) groups excluding carboxylic acids is 1. The number of fused-ring (bicyclic) bond motifs is 1. The maximum absolute atomic E-state index is 13.1. The van der Waals surface area contributed by atoms with Crippen molar-refractivity contribution in [1.29, 1.82) is 0 Å². The van der Waals surface area contributed by atoms with E-state index in [1.54, 1.807) is 31.3 Å². The van der Waals surface area contributed by atoms with Crippen LogP contribution in [0, 0.1) is 5.82 Å². The highest BCUT2D eigenvalue weighted by Gasteiger charge is 2.18. The summed E-state index contributed by atoms with van der Waals surface area (Å²) in [5, 5.41) is 4.07. The first kappa shape index (κ1) is 16.2. The third-order valence-electron chi connectivity index (χ3n) is 3.83. The highest BCUT2D eigenvalue weighted by Crippen LogP contribution is 2.23. The van der Waals surface area contributed by atoms with E-state index in [0.29, 0.717) is 11.1 Å². The first-order valence-corrected chi connectivity index (χ1v) is 7.71. The van der Waals surface area contributed by atoms with Crippen molar-refractivity contribution in [3.8, 4) is 0 Å². The normalized spacial score (nSPS) is 12.1. The molecule has 0 unspecified atom stereocenters. The largest absolute Gasteiger partial charge is 0.323 e. The molecule has 0 radical (unpaired) electrons. The molecular formula is C18H14ClFN2O2. The Bertz CT molecular complexity index is 984. The van der Waals surface area contributed by atoms with Gasteiger partial charge in [0, 0.05) is 11.6 Å². The van der Waals surface area contributed by atoms with E-state index in [2.05, 4.69) is 5.32 Å². The number of pyridine rings is 1. The van der Waals surface area contributed by atoms with Gasteiger partial charge in [0.25, 0.3) is 5.56 Å². The van der Waals surface area contributed by atoms with E-state index in [0.717, 1.165) is 11.5 Å². The lowest BCUT2D eigenvalue weighted by atomic mass is 10.1. The molecule has 3 rings (SSSR count). The van der Waals surface area contributed by atoms with Crippen molar-refractivity contribution in [3.63, 3.8) is 0 Å². The van der Waals surface area contributed by atoms with Crippen molar-refractivity contribution >= 4 is 34.0 Å². The number of benzene rings is 2. The van der Waals surface area contributed by atoms with Crippen LogP contribution in [0.5, 0.6) is 0 Å². The second-order valence-electron chi connectivity index (χ2n) is 5.40. The molecule has 24 heavy (non-hydrogen) atoms. The van der Waals surface area contributed by atoms with Gasteiger partial charge in [0.1, 0.15) is 11.9 Å². The van der Waals surface area contributed by atoms with Crippen LogP contribution in [-0.4, -0.2) is 10.5 Å². The lowest BCUT2D eigenvalue weighted by Crippen LogP contribution is -2.31. The highest BCUT2D eigenvalue weighted by molar-refractivity contribution is 6.33. The Hall–Kier alpha value is -2.66. The molecule has 122 valence electrons. The number of nitrogens with zero attached hydrogens (tertiary/aromatic N) is 1. The average molecular weight is 345 g/mol. The van der Waals surface area contributed by atoms with E-state index in [4.69, 9.17) is 11.6 Å². The van der Waals surface area contributed by atoms with Crippen molar-refractivity contribution in [3.05, 3.63) is 75.9 Å². The van der Waals surface area contributed by atoms with E-state index in [1.165, 1.54) is 16.7 Å². The molecule has 0 saturated heterocycles. The lowest BCUT2D eigenvalue weighted by molar-refractivity contribution is -0.118. The average Bonchev–Trinajstić information content (AvgIpc) is 2.57. The molecule has 1 heterocycles. The minimum Gasteiger partial charge on any atom is -0.323 e. The van der Waals surface area contributed by atoms with Crippen LogP contribution in [0.2, 0.25) is 5.02 Å². The maximum atomic E-state index is 13.1. The summed E-state index contributed by atoms with van der Waals surface area (Å²) in [7, 11) is 0. The second-order valence-corrected chi connectivity index (χ2v) is 5.81.